The van der Waals surface area contributed by atoms with Gasteiger partial charge in [-0.2, -0.15) is 0 Å². The van der Waals surface area contributed by atoms with Crippen LogP contribution in [0.4, 0.5) is 0 Å². The van der Waals surface area contributed by atoms with Gasteiger partial charge in [0.25, 0.3) is 5.91 Å². The SMILES string of the molecule is COC(=O)C1(NC(=O)c2cccc3ccccc23)CC(C)(C)NC(C)(C)C1. The maximum Gasteiger partial charge on any atom is 0.331 e. The van der Waals surface area contributed by atoms with Crippen LogP contribution in [0.2, 0.25) is 0 Å². The molecule has 2 N–H and O–H groups in total. The number of carbonyl (C=O) groups is 2. The summed E-state index contributed by atoms with van der Waals surface area (Å²) >= 11 is 0. The molecule has 1 aliphatic heterocycles. The highest BCUT2D eigenvalue weighted by Crippen LogP contribution is 2.37. The van der Waals surface area contributed by atoms with E-state index in [1.54, 1.807) is 6.07 Å². The predicted molar refractivity (Wildman–Crippen MR) is 107 cm³/mol. The zero-order valence-corrected chi connectivity index (χ0v) is 16.7. The molecule has 0 unspecified atom stereocenters. The van der Waals surface area contributed by atoms with E-state index in [-0.39, 0.29) is 17.0 Å². The Morgan fingerprint density at radius 1 is 0.963 bits per heavy atom. The Hall–Kier alpha value is -2.40. The van der Waals surface area contributed by atoms with E-state index in [9.17, 15) is 9.59 Å². The van der Waals surface area contributed by atoms with Gasteiger partial charge in [0.2, 0.25) is 0 Å². The fourth-order valence-electron chi connectivity index (χ4n) is 4.76. The van der Waals surface area contributed by atoms with E-state index in [1.165, 1.54) is 7.11 Å². The van der Waals surface area contributed by atoms with Crippen molar-refractivity contribution in [3.63, 3.8) is 0 Å². The smallest absolute Gasteiger partial charge is 0.331 e. The number of esters is 1. The molecule has 1 amide bonds. The van der Waals surface area contributed by atoms with Crippen LogP contribution in [0.5, 0.6) is 0 Å². The summed E-state index contributed by atoms with van der Waals surface area (Å²) in [7, 11) is 1.37. The van der Waals surface area contributed by atoms with Crippen LogP contribution in [0.15, 0.2) is 42.5 Å². The molecule has 3 rings (SSSR count). The summed E-state index contributed by atoms with van der Waals surface area (Å²) in [6.45, 7) is 8.15. The van der Waals surface area contributed by atoms with Crippen LogP contribution in [0.1, 0.15) is 50.9 Å². The number of hydrogen-bond acceptors (Lipinski definition) is 4. The van der Waals surface area contributed by atoms with Gasteiger partial charge >= 0.3 is 5.97 Å². The Morgan fingerprint density at radius 2 is 1.56 bits per heavy atom. The van der Waals surface area contributed by atoms with Crippen LogP contribution in [0.3, 0.4) is 0 Å². The number of methoxy groups -OCH3 is 1. The summed E-state index contributed by atoms with van der Waals surface area (Å²) < 4.78 is 5.12. The van der Waals surface area contributed by atoms with E-state index in [2.05, 4.69) is 10.6 Å². The standard InChI is InChI=1S/C22H28N2O3/c1-20(2)13-22(19(26)27-5,14-21(3,4)24-20)23-18(25)17-12-8-10-15-9-6-7-11-16(15)17/h6-12,24H,13-14H2,1-5H3,(H,23,25). The molecule has 0 aromatic heterocycles. The molecule has 0 bridgehead atoms. The zero-order valence-electron chi connectivity index (χ0n) is 16.7. The molecule has 0 aliphatic carbocycles. The Morgan fingerprint density at radius 3 is 2.19 bits per heavy atom. The fraction of sp³-hybridized carbons (Fsp3) is 0.455. The lowest BCUT2D eigenvalue weighted by Crippen LogP contribution is -2.70. The highest BCUT2D eigenvalue weighted by Gasteiger charge is 2.53. The number of amides is 1. The van der Waals surface area contributed by atoms with E-state index in [4.69, 9.17) is 4.74 Å². The third-order valence-electron chi connectivity index (χ3n) is 5.13. The average Bonchev–Trinajstić information content (AvgIpc) is 2.57. The van der Waals surface area contributed by atoms with E-state index in [0.29, 0.717) is 18.4 Å². The molecule has 0 spiro atoms. The van der Waals surface area contributed by atoms with E-state index in [0.717, 1.165) is 10.8 Å². The van der Waals surface area contributed by atoms with Crippen LogP contribution in [0.25, 0.3) is 10.8 Å². The summed E-state index contributed by atoms with van der Waals surface area (Å²) in [5.41, 5.74) is -1.18. The number of nitrogens with one attached hydrogen (secondary N) is 2. The molecule has 1 heterocycles. The molecule has 1 aliphatic rings. The molecule has 2 aromatic rings. The number of benzene rings is 2. The minimum absolute atomic E-state index is 0.259. The van der Waals surface area contributed by atoms with Gasteiger partial charge in [-0.05, 0) is 57.4 Å². The Kier molecular flexibility index (Phi) is 4.76. The summed E-state index contributed by atoms with van der Waals surface area (Å²) in [5, 5.41) is 8.45. The lowest BCUT2D eigenvalue weighted by atomic mass is 9.70. The van der Waals surface area contributed by atoms with Crippen LogP contribution in [0, 0.1) is 0 Å². The first kappa shape index (κ1) is 19.4. The number of fused-ring (bicyclic) bond motifs is 1. The number of rotatable bonds is 3. The van der Waals surface area contributed by atoms with Gasteiger partial charge in [0.1, 0.15) is 5.54 Å². The van der Waals surface area contributed by atoms with Gasteiger partial charge in [-0.15, -0.1) is 0 Å². The maximum atomic E-state index is 13.2. The molecule has 5 heteroatoms. The number of piperidine rings is 1. The first-order chi connectivity index (χ1) is 12.6. The lowest BCUT2D eigenvalue weighted by Gasteiger charge is -2.51. The largest absolute Gasteiger partial charge is 0.467 e. The third kappa shape index (κ3) is 3.83. The number of hydrogen-bond donors (Lipinski definition) is 2. The second-order valence-electron chi connectivity index (χ2n) is 8.80. The molecule has 27 heavy (non-hydrogen) atoms. The van der Waals surface area contributed by atoms with Crippen molar-refractivity contribution in [2.45, 2.75) is 57.2 Å². The van der Waals surface area contributed by atoms with Crippen LogP contribution >= 0.6 is 0 Å². The molecule has 0 atom stereocenters. The molecule has 1 fully saturated rings. The Balaban J connectivity index is 2.02. The Bertz CT molecular complexity index is 865. The van der Waals surface area contributed by atoms with Gasteiger partial charge in [-0.3, -0.25) is 4.79 Å². The molecule has 5 nitrogen and oxygen atoms in total. The predicted octanol–water partition coefficient (Wildman–Crippen LogP) is 3.42. The molecular formula is C22H28N2O3. The van der Waals surface area contributed by atoms with Crippen molar-refractivity contribution < 1.29 is 14.3 Å². The number of carbonyl (C=O) groups excluding carboxylic acids is 2. The average molecular weight is 368 g/mol. The summed E-state index contributed by atoms with van der Waals surface area (Å²) in [4.78, 5) is 26.1. The quantitative estimate of drug-likeness (QED) is 0.815. The van der Waals surface area contributed by atoms with Gasteiger partial charge in [0.15, 0.2) is 0 Å². The van der Waals surface area contributed by atoms with E-state index >= 15 is 0 Å². The maximum absolute atomic E-state index is 13.2. The van der Waals surface area contributed by atoms with Gasteiger partial charge in [0, 0.05) is 16.6 Å². The van der Waals surface area contributed by atoms with Crippen molar-refractivity contribution >= 4 is 22.6 Å². The van der Waals surface area contributed by atoms with Crippen LogP contribution < -0.4 is 10.6 Å². The first-order valence-corrected chi connectivity index (χ1v) is 9.26. The van der Waals surface area contributed by atoms with E-state index in [1.807, 2.05) is 64.1 Å². The van der Waals surface area contributed by atoms with Crippen molar-refractivity contribution in [3.05, 3.63) is 48.0 Å². The number of ether oxygens (including phenoxy) is 1. The summed E-state index contributed by atoms with van der Waals surface area (Å²) in [5.74, 6) is -0.663. The fourth-order valence-corrected chi connectivity index (χ4v) is 4.76. The minimum atomic E-state index is -1.08. The summed E-state index contributed by atoms with van der Waals surface area (Å²) in [6.07, 6.45) is 0.902. The van der Waals surface area contributed by atoms with Gasteiger partial charge < -0.3 is 15.4 Å². The van der Waals surface area contributed by atoms with Crippen molar-refractivity contribution in [1.29, 1.82) is 0 Å². The second-order valence-corrected chi connectivity index (χ2v) is 8.80. The van der Waals surface area contributed by atoms with Crippen molar-refractivity contribution in [1.82, 2.24) is 10.6 Å². The van der Waals surface area contributed by atoms with Crippen LogP contribution in [-0.2, 0) is 9.53 Å². The second kappa shape index (κ2) is 6.64. The normalized spacial score (nSPS) is 20.0. The topological polar surface area (TPSA) is 67.4 Å². The Labute approximate surface area is 160 Å². The highest BCUT2D eigenvalue weighted by molar-refractivity contribution is 6.08. The molecule has 1 saturated heterocycles. The molecular weight excluding hydrogens is 340 g/mol. The van der Waals surface area contributed by atoms with Crippen molar-refractivity contribution in [2.24, 2.45) is 0 Å². The molecule has 2 aromatic carbocycles. The van der Waals surface area contributed by atoms with Gasteiger partial charge in [-0.25, -0.2) is 4.79 Å². The monoisotopic (exact) mass is 368 g/mol. The van der Waals surface area contributed by atoms with Gasteiger partial charge in [0.05, 0.1) is 7.11 Å². The highest BCUT2D eigenvalue weighted by atomic mass is 16.5. The molecule has 0 saturated carbocycles. The first-order valence-electron chi connectivity index (χ1n) is 9.26. The van der Waals surface area contributed by atoms with Crippen molar-refractivity contribution in [2.75, 3.05) is 7.11 Å². The van der Waals surface area contributed by atoms with E-state index < -0.39 is 11.5 Å². The summed E-state index contributed by atoms with van der Waals surface area (Å²) in [6, 6.07) is 13.4. The molecule has 0 radical (unpaired) electrons. The van der Waals surface area contributed by atoms with Gasteiger partial charge in [-0.1, -0.05) is 36.4 Å². The zero-order chi connectivity index (χ0) is 19.9. The van der Waals surface area contributed by atoms with Crippen LogP contribution in [-0.4, -0.2) is 35.6 Å². The lowest BCUT2D eigenvalue weighted by molar-refractivity contribution is -0.152. The molecule has 144 valence electrons. The minimum Gasteiger partial charge on any atom is -0.467 e. The third-order valence-corrected chi connectivity index (χ3v) is 5.13. The van der Waals surface area contributed by atoms with Crippen molar-refractivity contribution in [3.8, 4) is 0 Å².